The highest BCUT2D eigenvalue weighted by atomic mass is 19.4. The van der Waals surface area contributed by atoms with Crippen LogP contribution in [-0.2, 0) is 19.3 Å². The maximum atomic E-state index is 12.7. The van der Waals surface area contributed by atoms with Gasteiger partial charge < -0.3 is 9.88 Å². The van der Waals surface area contributed by atoms with Gasteiger partial charge in [0.05, 0.1) is 6.54 Å². The summed E-state index contributed by atoms with van der Waals surface area (Å²) in [7, 11) is 0. The lowest BCUT2D eigenvalue weighted by atomic mass is 10.3. The number of halogens is 3. The molecule has 0 spiro atoms. The van der Waals surface area contributed by atoms with Gasteiger partial charge in [0.25, 0.3) is 0 Å². The van der Waals surface area contributed by atoms with Crippen LogP contribution in [0.4, 0.5) is 13.2 Å². The third-order valence-corrected chi connectivity index (χ3v) is 3.82. The molecule has 1 aliphatic carbocycles. The van der Waals surface area contributed by atoms with Crippen molar-refractivity contribution < 1.29 is 13.2 Å². The number of nitrogens with one attached hydrogen (secondary N) is 1. The van der Waals surface area contributed by atoms with E-state index in [1.165, 1.54) is 17.4 Å². The summed E-state index contributed by atoms with van der Waals surface area (Å²) in [6.45, 7) is 4.12. The fourth-order valence-corrected chi connectivity index (χ4v) is 2.47. The SMILES string of the molecule is FC(F)(F)c1nnc2n1CCN(CCNCC1CC1)C2. The highest BCUT2D eigenvalue weighted by Gasteiger charge is 2.39. The van der Waals surface area contributed by atoms with Crippen LogP contribution in [0.5, 0.6) is 0 Å². The summed E-state index contributed by atoms with van der Waals surface area (Å²) in [4.78, 5) is 2.12. The highest BCUT2D eigenvalue weighted by molar-refractivity contribution is 5.02. The molecule has 2 heterocycles. The average molecular weight is 289 g/mol. The molecule has 0 amide bonds. The topological polar surface area (TPSA) is 46.0 Å². The van der Waals surface area contributed by atoms with Crippen molar-refractivity contribution in [1.82, 2.24) is 25.0 Å². The van der Waals surface area contributed by atoms with E-state index in [0.717, 1.165) is 25.6 Å². The number of rotatable bonds is 5. The highest BCUT2D eigenvalue weighted by Crippen LogP contribution is 2.29. The zero-order chi connectivity index (χ0) is 14.2. The fourth-order valence-electron chi connectivity index (χ4n) is 2.47. The normalized spacial score (nSPS) is 20.1. The first kappa shape index (κ1) is 13.8. The van der Waals surface area contributed by atoms with E-state index in [4.69, 9.17) is 0 Å². The van der Waals surface area contributed by atoms with Crippen LogP contribution in [0.2, 0.25) is 0 Å². The smallest absolute Gasteiger partial charge is 0.315 e. The fraction of sp³-hybridized carbons (Fsp3) is 0.833. The first-order valence-electron chi connectivity index (χ1n) is 6.96. The van der Waals surface area contributed by atoms with Crippen LogP contribution < -0.4 is 5.32 Å². The Morgan fingerprint density at radius 2 is 2.00 bits per heavy atom. The molecule has 0 atom stereocenters. The maximum absolute atomic E-state index is 12.7. The van der Waals surface area contributed by atoms with Gasteiger partial charge in [-0.1, -0.05) is 0 Å². The second-order valence-electron chi connectivity index (χ2n) is 5.51. The maximum Gasteiger partial charge on any atom is 0.451 e. The van der Waals surface area contributed by atoms with Gasteiger partial charge in [-0.3, -0.25) is 4.90 Å². The molecule has 0 aromatic carbocycles. The average Bonchev–Trinajstić information content (AvgIpc) is 3.10. The van der Waals surface area contributed by atoms with Crippen LogP contribution >= 0.6 is 0 Å². The molecule has 3 rings (SSSR count). The molecule has 1 aromatic rings. The summed E-state index contributed by atoms with van der Waals surface area (Å²) in [5.74, 6) is 0.374. The Bertz CT molecular complexity index is 466. The minimum atomic E-state index is -4.42. The third kappa shape index (κ3) is 3.12. The monoisotopic (exact) mass is 289 g/mol. The van der Waals surface area contributed by atoms with E-state index in [0.29, 0.717) is 25.5 Å². The molecule has 5 nitrogen and oxygen atoms in total. The molecule has 0 unspecified atom stereocenters. The van der Waals surface area contributed by atoms with Gasteiger partial charge in [-0.25, -0.2) is 0 Å². The lowest BCUT2D eigenvalue weighted by Gasteiger charge is -2.27. The van der Waals surface area contributed by atoms with Crippen molar-refractivity contribution in [2.75, 3.05) is 26.2 Å². The van der Waals surface area contributed by atoms with E-state index in [9.17, 15) is 13.2 Å². The molecule has 0 saturated heterocycles. The van der Waals surface area contributed by atoms with Crippen LogP contribution in [0.25, 0.3) is 0 Å². The number of fused-ring (bicyclic) bond motifs is 1. The predicted octanol–water partition coefficient (Wildman–Crippen LogP) is 1.11. The number of alkyl halides is 3. The van der Waals surface area contributed by atoms with Crippen molar-refractivity contribution >= 4 is 0 Å². The molecule has 1 aliphatic heterocycles. The number of hydrogen-bond donors (Lipinski definition) is 1. The Balaban J connectivity index is 1.51. The molecule has 1 N–H and O–H groups in total. The quantitative estimate of drug-likeness (QED) is 0.825. The van der Waals surface area contributed by atoms with Gasteiger partial charge in [-0.05, 0) is 25.3 Å². The van der Waals surface area contributed by atoms with Crippen LogP contribution in [0.15, 0.2) is 0 Å². The molecule has 112 valence electrons. The Labute approximate surface area is 115 Å². The molecular formula is C12H18F3N5. The predicted molar refractivity (Wildman–Crippen MR) is 65.9 cm³/mol. The molecule has 1 fully saturated rings. The van der Waals surface area contributed by atoms with Crippen molar-refractivity contribution in [1.29, 1.82) is 0 Å². The second kappa shape index (κ2) is 5.33. The van der Waals surface area contributed by atoms with Crippen LogP contribution in [0.1, 0.15) is 24.5 Å². The van der Waals surface area contributed by atoms with Crippen molar-refractivity contribution in [2.45, 2.75) is 32.1 Å². The van der Waals surface area contributed by atoms with Crippen molar-refractivity contribution in [2.24, 2.45) is 5.92 Å². The largest absolute Gasteiger partial charge is 0.451 e. The second-order valence-corrected chi connectivity index (χ2v) is 5.51. The molecule has 8 heteroatoms. The van der Waals surface area contributed by atoms with Gasteiger partial charge in [0.1, 0.15) is 5.82 Å². The van der Waals surface area contributed by atoms with Crippen molar-refractivity contribution in [3.05, 3.63) is 11.6 Å². The Morgan fingerprint density at radius 3 is 2.70 bits per heavy atom. The third-order valence-electron chi connectivity index (χ3n) is 3.82. The van der Waals surface area contributed by atoms with Gasteiger partial charge in [-0.2, -0.15) is 13.2 Å². The zero-order valence-corrected chi connectivity index (χ0v) is 11.2. The van der Waals surface area contributed by atoms with Gasteiger partial charge in [0, 0.05) is 26.2 Å². The van der Waals surface area contributed by atoms with E-state index in [-0.39, 0.29) is 0 Å². The van der Waals surface area contributed by atoms with E-state index in [1.54, 1.807) is 0 Å². The molecule has 0 radical (unpaired) electrons. The zero-order valence-electron chi connectivity index (χ0n) is 11.2. The van der Waals surface area contributed by atoms with Crippen molar-refractivity contribution in [3.63, 3.8) is 0 Å². The van der Waals surface area contributed by atoms with Crippen LogP contribution in [-0.4, -0.2) is 45.8 Å². The van der Waals surface area contributed by atoms with E-state index < -0.39 is 12.0 Å². The molecule has 0 bridgehead atoms. The summed E-state index contributed by atoms with van der Waals surface area (Å²) >= 11 is 0. The molecular weight excluding hydrogens is 271 g/mol. The number of hydrogen-bond acceptors (Lipinski definition) is 4. The van der Waals surface area contributed by atoms with Crippen LogP contribution in [0, 0.1) is 5.92 Å². The molecule has 1 aromatic heterocycles. The number of nitrogens with zero attached hydrogens (tertiary/aromatic N) is 4. The van der Waals surface area contributed by atoms with Gasteiger partial charge >= 0.3 is 6.18 Å². The summed E-state index contributed by atoms with van der Waals surface area (Å²) < 4.78 is 39.3. The first-order valence-corrected chi connectivity index (χ1v) is 6.96. The lowest BCUT2D eigenvalue weighted by molar-refractivity contribution is -0.148. The molecule has 20 heavy (non-hydrogen) atoms. The molecule has 2 aliphatic rings. The Kier molecular flexibility index (Phi) is 3.68. The minimum absolute atomic E-state index is 0.305. The van der Waals surface area contributed by atoms with E-state index >= 15 is 0 Å². The van der Waals surface area contributed by atoms with Gasteiger partial charge in [-0.15, -0.1) is 10.2 Å². The Morgan fingerprint density at radius 1 is 1.20 bits per heavy atom. The van der Waals surface area contributed by atoms with Gasteiger partial charge in [0.2, 0.25) is 5.82 Å². The summed E-state index contributed by atoms with van der Waals surface area (Å²) in [6.07, 6.45) is -1.78. The van der Waals surface area contributed by atoms with E-state index in [1.807, 2.05) is 0 Å². The summed E-state index contributed by atoms with van der Waals surface area (Å²) in [5.41, 5.74) is 0. The van der Waals surface area contributed by atoms with Crippen LogP contribution in [0.3, 0.4) is 0 Å². The first-order chi connectivity index (χ1) is 9.54. The van der Waals surface area contributed by atoms with Crippen molar-refractivity contribution in [3.8, 4) is 0 Å². The standard InChI is InChI=1S/C12H18F3N5/c13-12(14,15)11-18-17-10-8-19(5-6-20(10)11)4-3-16-7-9-1-2-9/h9,16H,1-8H2. The lowest BCUT2D eigenvalue weighted by Crippen LogP contribution is -2.39. The molecule has 1 saturated carbocycles. The van der Waals surface area contributed by atoms with Gasteiger partial charge in [0.15, 0.2) is 0 Å². The van der Waals surface area contributed by atoms with E-state index in [2.05, 4.69) is 20.4 Å². The number of aromatic nitrogens is 3. The summed E-state index contributed by atoms with van der Waals surface area (Å²) in [5, 5.41) is 10.3. The Hall–Kier alpha value is -1.15. The summed E-state index contributed by atoms with van der Waals surface area (Å²) in [6, 6.07) is 0. The minimum Gasteiger partial charge on any atom is -0.315 e.